The third-order valence-corrected chi connectivity index (χ3v) is 14.2. The zero-order chi connectivity index (χ0) is 67.7. The molecule has 0 aliphatic carbocycles. The van der Waals surface area contributed by atoms with Gasteiger partial charge in [-0.25, -0.2) is 0 Å². The van der Waals surface area contributed by atoms with Crippen molar-refractivity contribution in [3.05, 3.63) is 0 Å². The van der Waals surface area contributed by atoms with Gasteiger partial charge in [-0.1, -0.05) is 0 Å². The van der Waals surface area contributed by atoms with E-state index in [1.54, 1.807) is 0 Å². The summed E-state index contributed by atoms with van der Waals surface area (Å²) in [5.74, 6) is -19.6. The van der Waals surface area contributed by atoms with Gasteiger partial charge in [-0.2, -0.15) is 12.6 Å². The van der Waals surface area contributed by atoms with Gasteiger partial charge >= 0.3 is 17.9 Å². The van der Waals surface area contributed by atoms with E-state index >= 15 is 0 Å². The first-order valence-corrected chi connectivity index (χ1v) is 28.2. The highest BCUT2D eigenvalue weighted by atomic mass is 32.1. The first-order valence-electron chi connectivity index (χ1n) is 27.6. The Morgan fingerprint density at radius 1 is 0.364 bits per heavy atom. The van der Waals surface area contributed by atoms with Crippen molar-refractivity contribution >= 4 is 83.3 Å². The standard InChI is InChI=1S/C51H86N6O30S/c1-22(61)55-26(4-7-38(71)52-15-32(65)43(78)46(81)35(68)18-58)29(62)12-23(2-10-41(74)75)49(84)56-27(5-8-39(72)53-16-33(66)44(79)47(82)36(69)19-59)30(63)13-24(3-11-42(76)77)50(85)57-28(31(64)14-25(21-88)51(86)87)6-9-40(73)54-17-34(67)45(80)48(83)37(70)20-60/h23-28,32-37,43-48,58-60,65-70,78-83,88H,2-21H2,1H3,(H,52,71)(H,53,72)(H,54,73)(H,55,61)(H,56,84)(H,57,85)(H,74,75)(H,76,77)(H,86,87)/t23-,24-,25+,26+,27+,28+,32+,33+,34+,35-,36-,37-,43-,44-,45-,46-,47-,48-/m1/s1. The number of hydrogen-bond acceptors (Lipinski definition) is 28. The number of ketones is 3. The third kappa shape index (κ3) is 31.4. The average molecular weight is 1300 g/mol. The number of Topliss-reactive ketones (excluding diaryl/α,β-unsaturated/α-hetero) is 3. The molecule has 18 atom stereocenters. The first-order chi connectivity index (χ1) is 41.1. The molecule has 88 heavy (non-hydrogen) atoms. The van der Waals surface area contributed by atoms with Crippen LogP contribution >= 0.6 is 12.6 Å². The molecular weight excluding hydrogens is 1210 g/mol. The van der Waals surface area contributed by atoms with Gasteiger partial charge in [-0.05, 0) is 32.1 Å². The summed E-state index contributed by atoms with van der Waals surface area (Å²) >= 11 is 3.93. The Morgan fingerprint density at radius 2 is 0.625 bits per heavy atom. The molecule has 0 aromatic carbocycles. The maximum absolute atomic E-state index is 14.4. The van der Waals surface area contributed by atoms with Crippen LogP contribution < -0.4 is 31.9 Å². The first kappa shape index (κ1) is 82.0. The topological polar surface area (TPSA) is 641 Å². The van der Waals surface area contributed by atoms with E-state index < -0.39 is 309 Å². The monoisotopic (exact) mass is 1290 g/mol. The summed E-state index contributed by atoms with van der Waals surface area (Å²) in [5.41, 5.74) is 0. The second kappa shape index (κ2) is 42.8. The van der Waals surface area contributed by atoms with E-state index in [4.69, 9.17) is 15.3 Å². The Bertz CT molecular complexity index is 2270. The second-order valence-corrected chi connectivity index (χ2v) is 21.2. The average Bonchev–Trinajstić information content (AvgIpc) is 3.62. The Morgan fingerprint density at radius 3 is 0.864 bits per heavy atom. The normalized spacial score (nSPS) is 17.7. The van der Waals surface area contributed by atoms with Crippen molar-refractivity contribution in [2.24, 2.45) is 17.8 Å². The largest absolute Gasteiger partial charge is 0.481 e. The number of carbonyl (C=O) groups excluding carboxylic acids is 9. The van der Waals surface area contributed by atoms with Gasteiger partial charge in [-0.15, -0.1) is 0 Å². The molecule has 24 N–H and O–H groups in total. The van der Waals surface area contributed by atoms with Crippen LogP contribution in [0.5, 0.6) is 0 Å². The molecule has 0 unspecified atom stereocenters. The highest BCUT2D eigenvalue weighted by molar-refractivity contribution is 7.80. The fourth-order valence-electron chi connectivity index (χ4n) is 8.20. The lowest BCUT2D eigenvalue weighted by atomic mass is 9.89. The second-order valence-electron chi connectivity index (χ2n) is 20.8. The molecule has 0 aliphatic rings. The lowest BCUT2D eigenvalue weighted by molar-refractivity contribution is -0.143. The fraction of sp³-hybridized carbons (Fsp3) is 0.765. The van der Waals surface area contributed by atoms with Gasteiger partial charge in [0.15, 0.2) is 17.3 Å². The number of aliphatic hydroxyl groups excluding tert-OH is 15. The van der Waals surface area contributed by atoms with Crippen LogP contribution in [0.2, 0.25) is 0 Å². The van der Waals surface area contributed by atoms with Crippen molar-refractivity contribution in [2.75, 3.05) is 45.2 Å². The van der Waals surface area contributed by atoms with Crippen molar-refractivity contribution in [3.63, 3.8) is 0 Å². The maximum Gasteiger partial charge on any atom is 0.307 e. The summed E-state index contributed by atoms with van der Waals surface area (Å²) in [5, 5.41) is 189. The number of thiol groups is 1. The third-order valence-electron chi connectivity index (χ3n) is 13.7. The quantitative estimate of drug-likeness (QED) is 0.0252. The molecule has 0 fully saturated rings. The Kier molecular flexibility index (Phi) is 39.9. The van der Waals surface area contributed by atoms with Gasteiger partial charge in [-0.3, -0.25) is 57.5 Å². The van der Waals surface area contributed by atoms with Gasteiger partial charge in [0.1, 0.15) is 54.9 Å². The van der Waals surface area contributed by atoms with E-state index in [9.17, 15) is 134 Å². The minimum Gasteiger partial charge on any atom is -0.481 e. The highest BCUT2D eigenvalue weighted by Gasteiger charge is 2.37. The smallest absolute Gasteiger partial charge is 0.307 e. The molecular formula is C51H86N6O30S. The summed E-state index contributed by atoms with van der Waals surface area (Å²) < 4.78 is 0. The van der Waals surface area contributed by atoms with Crippen molar-refractivity contribution in [1.82, 2.24) is 31.9 Å². The van der Waals surface area contributed by atoms with Crippen LogP contribution in [0.15, 0.2) is 0 Å². The van der Waals surface area contributed by atoms with E-state index in [0.717, 1.165) is 6.92 Å². The van der Waals surface area contributed by atoms with Crippen molar-refractivity contribution in [2.45, 2.75) is 182 Å². The molecule has 0 radical (unpaired) electrons. The number of hydrogen-bond donors (Lipinski definition) is 25. The Balaban J connectivity index is 7.19. The molecule has 0 spiro atoms. The summed E-state index contributed by atoms with van der Waals surface area (Å²) in [4.78, 5) is 157. The minimum absolute atomic E-state index is 0.421. The van der Waals surface area contributed by atoms with Crippen molar-refractivity contribution in [1.29, 1.82) is 0 Å². The predicted octanol–water partition coefficient (Wildman–Crippen LogP) is -11.1. The molecule has 506 valence electrons. The molecule has 6 amide bonds. The summed E-state index contributed by atoms with van der Waals surface area (Å²) in [6, 6.07) is -5.36. The van der Waals surface area contributed by atoms with E-state index in [2.05, 4.69) is 44.5 Å². The predicted molar refractivity (Wildman–Crippen MR) is 296 cm³/mol. The fourth-order valence-corrected chi connectivity index (χ4v) is 8.48. The van der Waals surface area contributed by atoms with Gasteiger partial charge in [0, 0.05) is 95.5 Å². The van der Waals surface area contributed by atoms with Gasteiger partial charge in [0.05, 0.1) is 62.2 Å². The molecule has 36 nitrogen and oxygen atoms in total. The zero-order valence-electron chi connectivity index (χ0n) is 47.9. The van der Waals surface area contributed by atoms with Crippen LogP contribution in [0, 0.1) is 17.8 Å². The molecule has 0 aliphatic heterocycles. The molecule has 37 heteroatoms. The molecule has 0 aromatic heterocycles. The molecule has 0 bridgehead atoms. The van der Waals surface area contributed by atoms with Crippen molar-refractivity contribution in [3.8, 4) is 0 Å². The van der Waals surface area contributed by atoms with Crippen LogP contribution in [0.3, 0.4) is 0 Å². The van der Waals surface area contributed by atoms with Gasteiger partial charge < -0.3 is 124 Å². The number of carboxylic acid groups (broad SMARTS) is 3. The summed E-state index contributed by atoms with van der Waals surface area (Å²) in [6.07, 6.45) is -34.2. The van der Waals surface area contributed by atoms with Crippen LogP contribution in [-0.2, 0) is 57.5 Å². The molecule has 0 rings (SSSR count). The number of aliphatic carboxylic acids is 3. The SMILES string of the molecule is CC(=O)N[C@@H](CCC(=O)NC[C@H](O)[C@@H](O)[C@H](O)[C@H](O)CO)C(=O)C[C@@H](CCC(=O)O)C(=O)N[C@@H](CCC(=O)NC[C@H](O)[C@@H](O)[C@H](O)[C@H](O)CO)C(=O)C[C@@H](CCC(=O)O)C(=O)N[C@@H](CCC(=O)NC[C@H](O)[C@@H](O)[C@H](O)[C@H](O)CO)C(=O)C[C@@H](CS)C(=O)O. The summed E-state index contributed by atoms with van der Waals surface area (Å²) in [6.45, 7) is -4.50. The minimum atomic E-state index is -2.16. The molecule has 0 saturated carbocycles. The number of amides is 6. The number of aliphatic hydroxyl groups is 15. The number of rotatable bonds is 49. The van der Waals surface area contributed by atoms with E-state index in [-0.39, 0.29) is 0 Å². The van der Waals surface area contributed by atoms with Crippen molar-refractivity contribution < 1.29 is 149 Å². The zero-order valence-corrected chi connectivity index (χ0v) is 48.8. The van der Waals surface area contributed by atoms with Crippen LogP contribution in [0.4, 0.5) is 0 Å². The van der Waals surface area contributed by atoms with Gasteiger partial charge in [0.25, 0.3) is 0 Å². The number of carboxylic acids is 3. The number of carbonyl (C=O) groups is 12. The van der Waals surface area contributed by atoms with Gasteiger partial charge in [0.2, 0.25) is 35.4 Å². The Hall–Kier alpha value is -6.01. The Labute approximate surface area is 508 Å². The van der Waals surface area contributed by atoms with Crippen LogP contribution in [0.25, 0.3) is 0 Å². The molecule has 0 aromatic rings. The lowest BCUT2D eigenvalue weighted by Crippen LogP contribution is -2.50. The van der Waals surface area contributed by atoms with E-state index in [0.29, 0.717) is 0 Å². The van der Waals surface area contributed by atoms with Crippen LogP contribution in [-0.4, -0.2) is 299 Å². The maximum atomic E-state index is 14.4. The molecule has 0 saturated heterocycles. The summed E-state index contributed by atoms with van der Waals surface area (Å²) in [7, 11) is 0. The highest BCUT2D eigenvalue weighted by Crippen LogP contribution is 2.21. The lowest BCUT2D eigenvalue weighted by Gasteiger charge is -2.26. The van der Waals surface area contributed by atoms with E-state index in [1.807, 2.05) is 0 Å². The van der Waals surface area contributed by atoms with E-state index in [1.165, 1.54) is 0 Å². The number of nitrogens with one attached hydrogen (secondary N) is 6. The van der Waals surface area contributed by atoms with Crippen LogP contribution in [0.1, 0.15) is 90.4 Å². The molecule has 0 heterocycles.